The van der Waals surface area contributed by atoms with Crippen LogP contribution in [-0.4, -0.2) is 15.6 Å². The lowest BCUT2D eigenvalue weighted by Gasteiger charge is -2.16. The van der Waals surface area contributed by atoms with E-state index in [0.717, 1.165) is 28.2 Å². The lowest BCUT2D eigenvalue weighted by atomic mass is 10.1. The molecule has 1 amide bonds. The van der Waals surface area contributed by atoms with Gasteiger partial charge in [0.1, 0.15) is 11.6 Å². The number of amides is 1. The van der Waals surface area contributed by atoms with Crippen LogP contribution in [0.2, 0.25) is 10.0 Å². The summed E-state index contributed by atoms with van der Waals surface area (Å²) in [7, 11) is 1.94. The maximum absolute atomic E-state index is 13.8. The normalized spacial score (nSPS) is 16.4. The summed E-state index contributed by atoms with van der Waals surface area (Å²) in [6, 6.07) is 15.9. The number of aromatic nitrogens is 1. The third-order valence-electron chi connectivity index (χ3n) is 5.31. The maximum atomic E-state index is 13.8. The van der Waals surface area contributed by atoms with Crippen molar-refractivity contribution >= 4 is 74.4 Å². The predicted octanol–water partition coefficient (Wildman–Crippen LogP) is 7.57. The SMILES string of the molecule is Cn1cc(/C=C2\SC(=Nc3ccc(F)c(Cl)c3)N(c3ccc(F)c(Cl)c3)C2=O)c2ccccc21. The Morgan fingerprint density at radius 3 is 2.41 bits per heavy atom. The number of halogens is 4. The van der Waals surface area contributed by atoms with Crippen LogP contribution in [0.5, 0.6) is 0 Å². The Kier molecular flexibility index (Phi) is 5.93. The zero-order chi connectivity index (χ0) is 24.0. The number of aryl methyl sites for hydroxylation is 1. The highest BCUT2D eigenvalue weighted by atomic mass is 35.5. The van der Waals surface area contributed by atoms with Gasteiger partial charge in [0.2, 0.25) is 0 Å². The number of fused-ring (bicyclic) bond motifs is 1. The van der Waals surface area contributed by atoms with E-state index in [9.17, 15) is 13.6 Å². The third-order valence-corrected chi connectivity index (χ3v) is 6.86. The molecule has 9 heteroatoms. The summed E-state index contributed by atoms with van der Waals surface area (Å²) in [5, 5.41) is 1.10. The summed E-state index contributed by atoms with van der Waals surface area (Å²) in [6.45, 7) is 0. The molecule has 4 nitrogen and oxygen atoms in total. The molecular formula is C25H15Cl2F2N3OS. The molecule has 170 valence electrons. The largest absolute Gasteiger partial charge is 0.350 e. The predicted molar refractivity (Wildman–Crippen MR) is 136 cm³/mol. The first-order valence-electron chi connectivity index (χ1n) is 10.1. The van der Waals surface area contributed by atoms with Crippen molar-refractivity contribution in [2.45, 2.75) is 0 Å². The molecule has 1 aliphatic heterocycles. The van der Waals surface area contributed by atoms with Crippen molar-refractivity contribution in [2.75, 3.05) is 4.90 Å². The van der Waals surface area contributed by atoms with Crippen molar-refractivity contribution in [1.82, 2.24) is 4.57 Å². The second-order valence-electron chi connectivity index (χ2n) is 7.55. The minimum atomic E-state index is -0.597. The van der Waals surface area contributed by atoms with E-state index in [1.54, 1.807) is 6.08 Å². The molecule has 0 saturated carbocycles. The van der Waals surface area contributed by atoms with Crippen LogP contribution in [0.1, 0.15) is 5.56 Å². The van der Waals surface area contributed by atoms with Crippen molar-refractivity contribution in [2.24, 2.45) is 12.0 Å². The van der Waals surface area contributed by atoms with Gasteiger partial charge in [0.25, 0.3) is 5.91 Å². The van der Waals surface area contributed by atoms with Gasteiger partial charge in [-0.3, -0.25) is 9.69 Å². The van der Waals surface area contributed by atoms with Gasteiger partial charge in [-0.2, -0.15) is 0 Å². The number of para-hydroxylation sites is 1. The lowest BCUT2D eigenvalue weighted by Crippen LogP contribution is -2.28. The standard InChI is InChI=1S/C25H15Cl2F2N3OS/c1-31-13-14(17-4-2-3-5-22(17)31)10-23-24(33)32(16-7-9-21(29)19(27)12-16)25(34-23)30-15-6-8-20(28)18(26)11-15/h2-13H,1H3/b23-10-,30-25?. The Balaban J connectivity index is 1.63. The lowest BCUT2D eigenvalue weighted by molar-refractivity contribution is -0.113. The number of aliphatic imine (C=N–C) groups is 1. The summed E-state index contributed by atoms with van der Waals surface area (Å²) in [5.74, 6) is -1.51. The van der Waals surface area contributed by atoms with E-state index in [1.165, 1.54) is 41.3 Å². The molecule has 1 saturated heterocycles. The summed E-state index contributed by atoms with van der Waals surface area (Å²) < 4.78 is 29.4. The van der Waals surface area contributed by atoms with Gasteiger partial charge in [0.15, 0.2) is 5.17 Å². The van der Waals surface area contributed by atoms with E-state index >= 15 is 0 Å². The van der Waals surface area contributed by atoms with Crippen molar-refractivity contribution in [3.63, 3.8) is 0 Å². The van der Waals surface area contributed by atoms with Crippen LogP contribution in [0.25, 0.3) is 17.0 Å². The van der Waals surface area contributed by atoms with E-state index in [1.807, 2.05) is 42.1 Å². The fraction of sp³-hybridized carbons (Fsp3) is 0.0400. The topological polar surface area (TPSA) is 37.6 Å². The minimum absolute atomic E-state index is 0.0842. The van der Waals surface area contributed by atoms with Gasteiger partial charge in [-0.25, -0.2) is 13.8 Å². The highest BCUT2D eigenvalue weighted by Crippen LogP contribution is 2.39. The van der Waals surface area contributed by atoms with E-state index < -0.39 is 11.6 Å². The Morgan fingerprint density at radius 1 is 0.971 bits per heavy atom. The number of carbonyl (C=O) groups excluding carboxylic acids is 1. The van der Waals surface area contributed by atoms with E-state index in [2.05, 4.69) is 4.99 Å². The van der Waals surface area contributed by atoms with Crippen molar-refractivity contribution in [3.05, 3.63) is 99.0 Å². The molecule has 0 bridgehead atoms. The number of amidine groups is 1. The number of carbonyl (C=O) groups is 1. The molecule has 3 aromatic carbocycles. The smallest absolute Gasteiger partial charge is 0.271 e. The Morgan fingerprint density at radius 2 is 1.68 bits per heavy atom. The number of benzene rings is 3. The number of hydrogen-bond acceptors (Lipinski definition) is 3. The van der Waals surface area contributed by atoms with Gasteiger partial charge >= 0.3 is 0 Å². The van der Waals surface area contributed by atoms with Crippen LogP contribution in [0.3, 0.4) is 0 Å². The van der Waals surface area contributed by atoms with Crippen molar-refractivity contribution in [1.29, 1.82) is 0 Å². The highest BCUT2D eigenvalue weighted by molar-refractivity contribution is 8.19. The molecule has 4 aromatic rings. The molecule has 1 aliphatic rings. The van der Waals surface area contributed by atoms with Crippen molar-refractivity contribution in [3.8, 4) is 0 Å². The number of thioether (sulfide) groups is 1. The summed E-state index contributed by atoms with van der Waals surface area (Å²) >= 11 is 13.0. The summed E-state index contributed by atoms with van der Waals surface area (Å²) in [4.78, 5) is 19.8. The first-order valence-corrected chi connectivity index (χ1v) is 11.7. The fourth-order valence-corrected chi connectivity index (χ4v) is 5.04. The Hall–Kier alpha value is -3.13. The average Bonchev–Trinajstić information content (AvgIpc) is 3.29. The maximum Gasteiger partial charge on any atom is 0.271 e. The van der Waals surface area contributed by atoms with Crippen LogP contribution in [0.4, 0.5) is 20.2 Å². The molecule has 0 unspecified atom stereocenters. The molecule has 1 aromatic heterocycles. The second-order valence-corrected chi connectivity index (χ2v) is 9.38. The molecule has 0 atom stereocenters. The van der Waals surface area contributed by atoms with Gasteiger partial charge in [0, 0.05) is 29.7 Å². The van der Waals surface area contributed by atoms with E-state index in [-0.39, 0.29) is 16.0 Å². The van der Waals surface area contributed by atoms with Crippen LogP contribution in [-0.2, 0) is 11.8 Å². The molecule has 34 heavy (non-hydrogen) atoms. The Bertz CT molecular complexity index is 1530. The van der Waals surface area contributed by atoms with Gasteiger partial charge in [-0.15, -0.1) is 0 Å². The molecule has 0 radical (unpaired) electrons. The first-order chi connectivity index (χ1) is 16.3. The van der Waals surface area contributed by atoms with E-state index in [0.29, 0.717) is 21.4 Å². The molecule has 1 fully saturated rings. The van der Waals surface area contributed by atoms with Gasteiger partial charge in [0.05, 0.1) is 26.3 Å². The van der Waals surface area contributed by atoms with Gasteiger partial charge in [-0.05, 0) is 60.3 Å². The monoisotopic (exact) mass is 513 g/mol. The molecule has 0 aliphatic carbocycles. The number of anilines is 1. The highest BCUT2D eigenvalue weighted by Gasteiger charge is 2.35. The van der Waals surface area contributed by atoms with Gasteiger partial charge < -0.3 is 4.57 Å². The van der Waals surface area contributed by atoms with Crippen molar-refractivity contribution < 1.29 is 13.6 Å². The zero-order valence-corrected chi connectivity index (χ0v) is 19.9. The number of nitrogens with zero attached hydrogens (tertiary/aromatic N) is 3. The van der Waals surface area contributed by atoms with E-state index in [4.69, 9.17) is 23.2 Å². The van der Waals surface area contributed by atoms with Crippen LogP contribution in [0.15, 0.2) is 76.8 Å². The number of hydrogen-bond donors (Lipinski definition) is 0. The molecule has 2 heterocycles. The molecule has 0 N–H and O–H groups in total. The fourth-order valence-electron chi connectivity index (χ4n) is 3.69. The van der Waals surface area contributed by atoms with Crippen LogP contribution >= 0.6 is 35.0 Å². The minimum Gasteiger partial charge on any atom is -0.350 e. The second kappa shape index (κ2) is 8.91. The van der Waals surface area contributed by atoms with Gasteiger partial charge in [-0.1, -0.05) is 41.4 Å². The van der Waals surface area contributed by atoms with Crippen LogP contribution < -0.4 is 4.90 Å². The average molecular weight is 514 g/mol. The first kappa shape index (κ1) is 22.7. The molecular weight excluding hydrogens is 499 g/mol. The third kappa shape index (κ3) is 4.11. The zero-order valence-electron chi connectivity index (χ0n) is 17.6. The summed E-state index contributed by atoms with van der Waals surface area (Å²) in [5.41, 5.74) is 2.63. The molecule has 5 rings (SSSR count). The molecule has 0 spiro atoms. The summed E-state index contributed by atoms with van der Waals surface area (Å²) in [6.07, 6.45) is 3.74. The Labute approximate surface area is 208 Å². The number of rotatable bonds is 3. The quantitative estimate of drug-likeness (QED) is 0.265. The van der Waals surface area contributed by atoms with Crippen LogP contribution in [0, 0.1) is 11.6 Å².